The van der Waals surface area contributed by atoms with E-state index in [0.29, 0.717) is 54.6 Å². The highest BCUT2D eigenvalue weighted by Crippen LogP contribution is 2.27. The molecule has 0 bridgehead atoms. The van der Waals surface area contributed by atoms with E-state index in [-0.39, 0.29) is 17.6 Å². The van der Waals surface area contributed by atoms with Crippen LogP contribution in [-0.2, 0) is 33.7 Å². The van der Waals surface area contributed by atoms with Gasteiger partial charge in [-0.25, -0.2) is 12.7 Å². The molecular weight excluding hydrogens is 503 g/mol. The van der Waals surface area contributed by atoms with Crippen LogP contribution in [0, 0.1) is 5.92 Å². The monoisotopic (exact) mass is 530 g/mol. The Labute approximate surface area is 217 Å². The minimum Gasteiger partial charge on any atom is -0.334 e. The molecule has 35 heavy (non-hydrogen) atoms. The van der Waals surface area contributed by atoms with Gasteiger partial charge in [0.05, 0.1) is 15.8 Å². The average Bonchev–Trinajstić information content (AvgIpc) is 2.87. The maximum atomic E-state index is 13.6. The van der Waals surface area contributed by atoms with Crippen LogP contribution in [0.25, 0.3) is 0 Å². The van der Waals surface area contributed by atoms with Gasteiger partial charge >= 0.3 is 0 Å². The second-order valence-corrected chi connectivity index (χ2v) is 11.6. The first-order chi connectivity index (χ1) is 16.8. The Morgan fingerprint density at radius 1 is 0.800 bits per heavy atom. The fourth-order valence-electron chi connectivity index (χ4n) is 4.39. The SMILES string of the molecule is O=C(C1CCN(S(=O)(=O)Cc2ccc(Cl)c(Cl)c2)CC1)N(Cc1ccccc1)Cc1ccccc1. The highest BCUT2D eigenvalue weighted by atomic mass is 35.5. The van der Waals surface area contributed by atoms with Crippen LogP contribution >= 0.6 is 23.2 Å². The van der Waals surface area contributed by atoms with Crippen molar-refractivity contribution in [2.45, 2.75) is 31.7 Å². The molecule has 0 aromatic heterocycles. The summed E-state index contributed by atoms with van der Waals surface area (Å²) in [5.41, 5.74) is 2.73. The molecule has 1 saturated heterocycles. The van der Waals surface area contributed by atoms with E-state index in [2.05, 4.69) is 0 Å². The first-order valence-corrected chi connectivity index (χ1v) is 14.0. The summed E-state index contributed by atoms with van der Waals surface area (Å²) in [4.78, 5) is 15.4. The second kappa shape index (κ2) is 11.6. The van der Waals surface area contributed by atoms with Crippen molar-refractivity contribution >= 4 is 39.1 Å². The molecule has 1 aliphatic rings. The van der Waals surface area contributed by atoms with Crippen molar-refractivity contribution in [1.29, 1.82) is 0 Å². The fourth-order valence-corrected chi connectivity index (χ4v) is 6.26. The zero-order valence-electron chi connectivity index (χ0n) is 19.3. The highest BCUT2D eigenvalue weighted by molar-refractivity contribution is 7.88. The van der Waals surface area contributed by atoms with Crippen molar-refractivity contribution in [2.75, 3.05) is 13.1 Å². The molecule has 5 nitrogen and oxygen atoms in total. The van der Waals surface area contributed by atoms with Crippen molar-refractivity contribution in [3.63, 3.8) is 0 Å². The van der Waals surface area contributed by atoms with Crippen LogP contribution in [0.4, 0.5) is 0 Å². The van der Waals surface area contributed by atoms with E-state index in [1.54, 1.807) is 18.2 Å². The van der Waals surface area contributed by atoms with Gasteiger partial charge in [0, 0.05) is 32.1 Å². The summed E-state index contributed by atoms with van der Waals surface area (Å²) in [7, 11) is -3.53. The smallest absolute Gasteiger partial charge is 0.226 e. The fraction of sp³-hybridized carbons (Fsp3) is 0.296. The molecule has 1 aliphatic heterocycles. The summed E-state index contributed by atoms with van der Waals surface area (Å²) < 4.78 is 27.5. The van der Waals surface area contributed by atoms with Crippen molar-refractivity contribution in [3.8, 4) is 0 Å². The van der Waals surface area contributed by atoms with Crippen LogP contribution in [0.1, 0.15) is 29.5 Å². The van der Waals surface area contributed by atoms with E-state index in [1.807, 2.05) is 65.6 Å². The highest BCUT2D eigenvalue weighted by Gasteiger charge is 2.33. The molecule has 3 aromatic carbocycles. The summed E-state index contributed by atoms with van der Waals surface area (Å²) in [6.07, 6.45) is 0.999. The lowest BCUT2D eigenvalue weighted by atomic mass is 9.96. The molecule has 1 heterocycles. The Bertz CT molecular complexity index is 1200. The Balaban J connectivity index is 1.41. The third-order valence-electron chi connectivity index (χ3n) is 6.27. The van der Waals surface area contributed by atoms with Crippen molar-refractivity contribution in [3.05, 3.63) is 106 Å². The van der Waals surface area contributed by atoms with Gasteiger partial charge in [0.15, 0.2) is 0 Å². The predicted molar refractivity (Wildman–Crippen MR) is 141 cm³/mol. The molecule has 1 fully saturated rings. The number of halogens is 2. The number of hydrogen-bond donors (Lipinski definition) is 0. The van der Waals surface area contributed by atoms with Gasteiger partial charge in [-0.3, -0.25) is 4.79 Å². The molecule has 0 atom stereocenters. The summed E-state index contributed by atoms with van der Waals surface area (Å²) >= 11 is 12.0. The van der Waals surface area contributed by atoms with E-state index in [4.69, 9.17) is 23.2 Å². The summed E-state index contributed by atoms with van der Waals surface area (Å²) in [5.74, 6) is -0.283. The first-order valence-electron chi connectivity index (χ1n) is 11.6. The quantitative estimate of drug-likeness (QED) is 0.371. The Morgan fingerprint density at radius 3 is 1.86 bits per heavy atom. The Hall–Kier alpha value is -2.38. The van der Waals surface area contributed by atoms with Gasteiger partial charge in [-0.2, -0.15) is 0 Å². The maximum Gasteiger partial charge on any atom is 0.226 e. The molecule has 8 heteroatoms. The zero-order chi connectivity index (χ0) is 24.8. The second-order valence-electron chi connectivity index (χ2n) is 8.84. The van der Waals surface area contributed by atoms with Gasteiger partial charge in [-0.15, -0.1) is 0 Å². The summed E-state index contributed by atoms with van der Waals surface area (Å²) in [6, 6.07) is 24.7. The molecule has 0 radical (unpaired) electrons. The van der Waals surface area contributed by atoms with E-state index in [1.165, 1.54) is 4.31 Å². The first kappa shape index (κ1) is 25.7. The lowest BCUT2D eigenvalue weighted by molar-refractivity contribution is -0.138. The van der Waals surface area contributed by atoms with Crippen LogP contribution in [-0.4, -0.2) is 36.6 Å². The largest absolute Gasteiger partial charge is 0.334 e. The molecule has 4 rings (SSSR count). The van der Waals surface area contributed by atoms with Gasteiger partial charge in [0.2, 0.25) is 15.9 Å². The minimum absolute atomic E-state index is 0.0687. The number of carbonyl (C=O) groups is 1. The molecule has 0 N–H and O–H groups in total. The number of amides is 1. The number of carbonyl (C=O) groups excluding carboxylic acids is 1. The standard InChI is InChI=1S/C27H28Cl2N2O3S/c28-25-12-11-23(17-26(25)29)20-35(33,34)31-15-13-24(14-16-31)27(32)30(18-21-7-3-1-4-8-21)19-22-9-5-2-6-10-22/h1-12,17,24H,13-16,18-20H2. The third kappa shape index (κ3) is 6.85. The van der Waals surface area contributed by atoms with Crippen molar-refractivity contribution in [2.24, 2.45) is 5.92 Å². The van der Waals surface area contributed by atoms with E-state index < -0.39 is 10.0 Å². The molecule has 0 saturated carbocycles. The number of sulfonamides is 1. The minimum atomic E-state index is -3.53. The molecule has 1 amide bonds. The van der Waals surface area contributed by atoms with Gasteiger partial charge in [0.25, 0.3) is 0 Å². The lowest BCUT2D eigenvalue weighted by Gasteiger charge is -2.34. The van der Waals surface area contributed by atoms with E-state index >= 15 is 0 Å². The topological polar surface area (TPSA) is 57.7 Å². The van der Waals surface area contributed by atoms with Crippen LogP contribution in [0.2, 0.25) is 10.0 Å². The molecule has 184 valence electrons. The lowest BCUT2D eigenvalue weighted by Crippen LogP contribution is -2.44. The van der Waals surface area contributed by atoms with E-state index in [0.717, 1.165) is 11.1 Å². The van der Waals surface area contributed by atoms with Gasteiger partial charge in [-0.1, -0.05) is 89.9 Å². The maximum absolute atomic E-state index is 13.6. The number of rotatable bonds is 8. The van der Waals surface area contributed by atoms with Crippen LogP contribution in [0.5, 0.6) is 0 Å². The number of benzene rings is 3. The van der Waals surface area contributed by atoms with Gasteiger partial charge in [-0.05, 0) is 41.7 Å². The normalized spacial score (nSPS) is 15.1. The molecular formula is C27H28Cl2N2O3S. The van der Waals surface area contributed by atoms with E-state index in [9.17, 15) is 13.2 Å². The van der Waals surface area contributed by atoms with Crippen molar-refractivity contribution < 1.29 is 13.2 Å². The molecule has 3 aromatic rings. The predicted octanol–water partition coefficient (Wildman–Crippen LogP) is 5.76. The van der Waals surface area contributed by atoms with Crippen LogP contribution < -0.4 is 0 Å². The number of nitrogens with zero attached hydrogens (tertiary/aromatic N) is 2. The Kier molecular flexibility index (Phi) is 8.50. The molecule has 0 spiro atoms. The molecule has 0 unspecified atom stereocenters. The van der Waals surface area contributed by atoms with Crippen LogP contribution in [0.15, 0.2) is 78.9 Å². The molecule has 0 aliphatic carbocycles. The summed E-state index contributed by atoms with van der Waals surface area (Å²) in [5, 5.41) is 0.725. The summed E-state index contributed by atoms with van der Waals surface area (Å²) in [6.45, 7) is 1.68. The number of hydrogen-bond acceptors (Lipinski definition) is 3. The van der Waals surface area contributed by atoms with Gasteiger partial charge < -0.3 is 4.90 Å². The van der Waals surface area contributed by atoms with Gasteiger partial charge in [0.1, 0.15) is 0 Å². The Morgan fingerprint density at radius 2 is 1.34 bits per heavy atom. The number of piperidine rings is 1. The van der Waals surface area contributed by atoms with Crippen molar-refractivity contribution in [1.82, 2.24) is 9.21 Å². The average molecular weight is 532 g/mol. The third-order valence-corrected chi connectivity index (χ3v) is 8.86. The zero-order valence-corrected chi connectivity index (χ0v) is 21.6. The van der Waals surface area contributed by atoms with Crippen LogP contribution in [0.3, 0.4) is 0 Å².